The van der Waals surface area contributed by atoms with Gasteiger partial charge >= 0.3 is 0 Å². The lowest BCUT2D eigenvalue weighted by molar-refractivity contribution is 1.13. The fourth-order valence-electron chi connectivity index (χ4n) is 1.53. The lowest BCUT2D eigenvalue weighted by atomic mass is 10.00. The molecule has 0 aliphatic carbocycles. The molecule has 0 atom stereocenters. The van der Waals surface area contributed by atoms with Crippen LogP contribution in [-0.2, 0) is 0 Å². The summed E-state index contributed by atoms with van der Waals surface area (Å²) >= 11 is 0. The summed E-state index contributed by atoms with van der Waals surface area (Å²) in [5.74, 6) is 0. The van der Waals surface area contributed by atoms with Gasteiger partial charge in [-0.25, -0.2) is 0 Å². The van der Waals surface area contributed by atoms with Crippen LogP contribution in [0.2, 0.25) is 0 Å². The first-order chi connectivity index (χ1) is 6.57. The van der Waals surface area contributed by atoms with Crippen molar-refractivity contribution >= 4 is 17.3 Å². The summed E-state index contributed by atoms with van der Waals surface area (Å²) in [4.78, 5) is 2.09. The predicted octanol–water partition coefficient (Wildman–Crippen LogP) is 3.43. The van der Waals surface area contributed by atoms with E-state index in [1.807, 2.05) is 33.2 Å². The molecule has 0 aromatic heterocycles. The molecule has 0 fully saturated rings. The molecule has 74 valence electrons. The Labute approximate surface area is 86.4 Å². The number of rotatable bonds is 3. The zero-order chi connectivity index (χ0) is 10.7. The molecule has 1 rings (SSSR count). The zero-order valence-electron chi connectivity index (χ0n) is 9.17. The second kappa shape index (κ2) is 4.14. The van der Waals surface area contributed by atoms with E-state index in [4.69, 9.17) is 0 Å². The average molecular weight is 187 g/mol. The molecule has 0 saturated carbocycles. The van der Waals surface area contributed by atoms with E-state index in [9.17, 15) is 0 Å². The van der Waals surface area contributed by atoms with E-state index >= 15 is 0 Å². The Kier molecular flexibility index (Phi) is 3.13. The van der Waals surface area contributed by atoms with Crippen LogP contribution in [0.1, 0.15) is 18.1 Å². The number of anilines is 1. The van der Waals surface area contributed by atoms with Gasteiger partial charge in [-0.05, 0) is 18.6 Å². The summed E-state index contributed by atoms with van der Waals surface area (Å²) in [5.41, 5.74) is 4.58. The van der Waals surface area contributed by atoms with Crippen LogP contribution < -0.4 is 4.90 Å². The molecule has 0 unspecified atom stereocenters. The first-order valence-electron chi connectivity index (χ1n) is 4.66. The fourth-order valence-corrected chi connectivity index (χ4v) is 1.53. The third-order valence-electron chi connectivity index (χ3n) is 2.23. The molecule has 0 spiro atoms. The quantitative estimate of drug-likeness (QED) is 0.700. The Morgan fingerprint density at radius 2 is 2.00 bits per heavy atom. The van der Waals surface area contributed by atoms with Gasteiger partial charge in [-0.15, -0.1) is 0 Å². The van der Waals surface area contributed by atoms with E-state index in [1.54, 1.807) is 0 Å². The Balaban J connectivity index is 3.39. The van der Waals surface area contributed by atoms with Crippen molar-refractivity contribution in [3.05, 3.63) is 42.5 Å². The van der Waals surface area contributed by atoms with Gasteiger partial charge in [-0.1, -0.05) is 36.9 Å². The minimum atomic E-state index is 1.07. The van der Waals surface area contributed by atoms with Crippen molar-refractivity contribution in [2.75, 3.05) is 19.0 Å². The maximum absolute atomic E-state index is 3.97. The molecule has 14 heavy (non-hydrogen) atoms. The molecule has 1 heteroatoms. The number of benzene rings is 1. The summed E-state index contributed by atoms with van der Waals surface area (Å²) in [7, 11) is 4.06. The van der Waals surface area contributed by atoms with E-state index in [0.29, 0.717) is 0 Å². The van der Waals surface area contributed by atoms with Crippen molar-refractivity contribution in [2.24, 2.45) is 0 Å². The molecular formula is C13H17N. The SMILES string of the molecule is C=Cc1c(C(=C)C)cccc1N(C)C. The van der Waals surface area contributed by atoms with Crippen LogP contribution in [-0.4, -0.2) is 14.1 Å². The Bertz CT molecular complexity index is 361. The molecule has 0 radical (unpaired) electrons. The number of hydrogen-bond acceptors (Lipinski definition) is 1. The van der Waals surface area contributed by atoms with Gasteiger partial charge in [0.1, 0.15) is 0 Å². The summed E-state index contributed by atoms with van der Waals surface area (Å²) in [6.45, 7) is 9.83. The van der Waals surface area contributed by atoms with E-state index in [1.165, 1.54) is 11.3 Å². The first-order valence-corrected chi connectivity index (χ1v) is 4.66. The van der Waals surface area contributed by atoms with Gasteiger partial charge in [0.2, 0.25) is 0 Å². The van der Waals surface area contributed by atoms with Crippen molar-refractivity contribution in [1.29, 1.82) is 0 Å². The topological polar surface area (TPSA) is 3.24 Å². The minimum Gasteiger partial charge on any atom is -0.377 e. The maximum Gasteiger partial charge on any atom is 0.0440 e. The molecule has 0 N–H and O–H groups in total. The van der Waals surface area contributed by atoms with Crippen molar-refractivity contribution < 1.29 is 0 Å². The third kappa shape index (κ3) is 1.87. The minimum absolute atomic E-state index is 1.07. The van der Waals surface area contributed by atoms with Crippen molar-refractivity contribution in [3.63, 3.8) is 0 Å². The van der Waals surface area contributed by atoms with Crippen LogP contribution in [0.25, 0.3) is 11.6 Å². The van der Waals surface area contributed by atoms with Gasteiger partial charge in [0.15, 0.2) is 0 Å². The van der Waals surface area contributed by atoms with E-state index in [-0.39, 0.29) is 0 Å². The van der Waals surface area contributed by atoms with E-state index in [0.717, 1.165) is 11.1 Å². The van der Waals surface area contributed by atoms with Crippen LogP contribution in [0.4, 0.5) is 5.69 Å². The second-order valence-corrected chi connectivity index (χ2v) is 3.62. The Morgan fingerprint density at radius 3 is 2.43 bits per heavy atom. The van der Waals surface area contributed by atoms with E-state index in [2.05, 4.69) is 30.2 Å². The van der Waals surface area contributed by atoms with Gasteiger partial charge in [-0.3, -0.25) is 0 Å². The van der Waals surface area contributed by atoms with Gasteiger partial charge in [0.05, 0.1) is 0 Å². The predicted molar refractivity (Wildman–Crippen MR) is 65.6 cm³/mol. The number of allylic oxidation sites excluding steroid dienone is 1. The van der Waals surface area contributed by atoms with E-state index < -0.39 is 0 Å². The molecule has 1 nitrogen and oxygen atoms in total. The smallest absolute Gasteiger partial charge is 0.0440 e. The molecule has 0 bridgehead atoms. The standard InChI is InChI=1S/C13H17N/c1-6-11-12(10(2)3)8-7-9-13(11)14(4)5/h6-9H,1-2H2,3-5H3. The molecular weight excluding hydrogens is 170 g/mol. The third-order valence-corrected chi connectivity index (χ3v) is 2.23. The van der Waals surface area contributed by atoms with Crippen molar-refractivity contribution in [1.82, 2.24) is 0 Å². The summed E-state index contributed by atoms with van der Waals surface area (Å²) in [6, 6.07) is 6.21. The fraction of sp³-hybridized carbons (Fsp3) is 0.231. The van der Waals surface area contributed by atoms with Crippen molar-refractivity contribution in [2.45, 2.75) is 6.92 Å². The zero-order valence-corrected chi connectivity index (χ0v) is 9.17. The summed E-state index contributed by atoms with van der Waals surface area (Å²) < 4.78 is 0. The number of hydrogen-bond donors (Lipinski definition) is 0. The van der Waals surface area contributed by atoms with Crippen LogP contribution in [0.3, 0.4) is 0 Å². The normalized spacial score (nSPS) is 9.64. The van der Waals surface area contributed by atoms with Gasteiger partial charge < -0.3 is 4.90 Å². The van der Waals surface area contributed by atoms with Crippen LogP contribution in [0.5, 0.6) is 0 Å². The lowest BCUT2D eigenvalue weighted by Gasteiger charge is -2.18. The highest BCUT2D eigenvalue weighted by Gasteiger charge is 2.06. The molecule has 0 amide bonds. The lowest BCUT2D eigenvalue weighted by Crippen LogP contribution is -2.10. The molecule has 1 aromatic carbocycles. The van der Waals surface area contributed by atoms with Crippen LogP contribution >= 0.6 is 0 Å². The largest absolute Gasteiger partial charge is 0.377 e. The molecule has 0 saturated heterocycles. The maximum atomic E-state index is 3.97. The molecule has 0 heterocycles. The highest BCUT2D eigenvalue weighted by atomic mass is 15.1. The van der Waals surface area contributed by atoms with Gasteiger partial charge in [-0.2, -0.15) is 0 Å². The molecule has 0 aliphatic heterocycles. The Morgan fingerprint density at radius 1 is 1.36 bits per heavy atom. The van der Waals surface area contributed by atoms with Gasteiger partial charge in [0, 0.05) is 25.3 Å². The highest BCUT2D eigenvalue weighted by molar-refractivity contribution is 5.79. The molecule has 0 aliphatic rings. The monoisotopic (exact) mass is 187 g/mol. The molecule has 1 aromatic rings. The van der Waals surface area contributed by atoms with Crippen molar-refractivity contribution in [3.8, 4) is 0 Å². The van der Waals surface area contributed by atoms with Gasteiger partial charge in [0.25, 0.3) is 0 Å². The highest BCUT2D eigenvalue weighted by Crippen LogP contribution is 2.27. The van der Waals surface area contributed by atoms with Crippen LogP contribution in [0, 0.1) is 0 Å². The second-order valence-electron chi connectivity index (χ2n) is 3.62. The Hall–Kier alpha value is -1.50. The summed E-state index contributed by atoms with van der Waals surface area (Å²) in [6.07, 6.45) is 1.89. The van der Waals surface area contributed by atoms with Crippen LogP contribution in [0.15, 0.2) is 31.4 Å². The average Bonchev–Trinajstić information content (AvgIpc) is 2.16. The first kappa shape index (κ1) is 10.6. The number of nitrogens with zero attached hydrogens (tertiary/aromatic N) is 1. The summed E-state index contributed by atoms with van der Waals surface area (Å²) in [5, 5.41) is 0.